The quantitative estimate of drug-likeness (QED) is 0.659. The average molecular weight is 357 g/mol. The molecule has 1 aliphatic heterocycles. The number of rotatable bonds is 5. The van der Waals surface area contributed by atoms with E-state index in [9.17, 15) is 9.18 Å². The highest BCUT2D eigenvalue weighted by Gasteiger charge is 2.31. The SMILES string of the molecule is CCOC(=O)C(c1ccccc1)N1CCN(c2ccc(N)cc2F)CC1. The number of carbonyl (C=O) groups is 1. The Morgan fingerprint density at radius 3 is 2.46 bits per heavy atom. The van der Waals surface area contributed by atoms with E-state index in [0.29, 0.717) is 44.2 Å². The van der Waals surface area contributed by atoms with Crippen molar-refractivity contribution >= 4 is 17.3 Å². The zero-order chi connectivity index (χ0) is 18.5. The van der Waals surface area contributed by atoms with Gasteiger partial charge in [0.1, 0.15) is 11.9 Å². The molecule has 3 rings (SSSR count). The third-order valence-electron chi connectivity index (χ3n) is 4.62. The van der Waals surface area contributed by atoms with E-state index in [0.717, 1.165) is 5.56 Å². The fourth-order valence-electron chi connectivity index (χ4n) is 3.35. The molecule has 0 amide bonds. The Morgan fingerprint density at radius 1 is 1.15 bits per heavy atom. The average Bonchev–Trinajstić information content (AvgIpc) is 2.64. The maximum absolute atomic E-state index is 14.2. The van der Waals surface area contributed by atoms with Gasteiger partial charge < -0.3 is 15.4 Å². The lowest BCUT2D eigenvalue weighted by atomic mass is 10.0. The third kappa shape index (κ3) is 3.96. The fraction of sp³-hybridized carbons (Fsp3) is 0.350. The second-order valence-corrected chi connectivity index (χ2v) is 6.30. The minimum absolute atomic E-state index is 0.245. The normalized spacial score (nSPS) is 16.3. The lowest BCUT2D eigenvalue weighted by molar-refractivity contribution is -0.150. The van der Waals surface area contributed by atoms with Crippen LogP contribution < -0.4 is 10.6 Å². The van der Waals surface area contributed by atoms with Gasteiger partial charge in [-0.3, -0.25) is 4.90 Å². The van der Waals surface area contributed by atoms with Crippen LogP contribution in [0.3, 0.4) is 0 Å². The summed E-state index contributed by atoms with van der Waals surface area (Å²) >= 11 is 0. The predicted molar refractivity (Wildman–Crippen MR) is 100 cm³/mol. The lowest BCUT2D eigenvalue weighted by Crippen LogP contribution is -2.49. The van der Waals surface area contributed by atoms with Crippen LogP contribution >= 0.6 is 0 Å². The Hall–Kier alpha value is -2.60. The van der Waals surface area contributed by atoms with Gasteiger partial charge in [0.2, 0.25) is 0 Å². The molecule has 5 nitrogen and oxygen atoms in total. The summed E-state index contributed by atoms with van der Waals surface area (Å²) < 4.78 is 19.5. The van der Waals surface area contributed by atoms with E-state index >= 15 is 0 Å². The molecule has 1 heterocycles. The summed E-state index contributed by atoms with van der Waals surface area (Å²) in [5, 5.41) is 0. The highest BCUT2D eigenvalue weighted by molar-refractivity contribution is 5.77. The number of nitrogen functional groups attached to an aromatic ring is 1. The minimum atomic E-state index is -0.436. The van der Waals surface area contributed by atoms with Gasteiger partial charge in [-0.1, -0.05) is 30.3 Å². The van der Waals surface area contributed by atoms with Crippen LogP contribution in [-0.4, -0.2) is 43.7 Å². The molecule has 0 spiro atoms. The molecule has 2 aromatic rings. The summed E-state index contributed by atoms with van der Waals surface area (Å²) in [7, 11) is 0. The largest absolute Gasteiger partial charge is 0.465 e. The third-order valence-corrected chi connectivity index (χ3v) is 4.62. The van der Waals surface area contributed by atoms with Crippen molar-refractivity contribution in [2.45, 2.75) is 13.0 Å². The van der Waals surface area contributed by atoms with Crippen LogP contribution in [0, 0.1) is 5.82 Å². The Kier molecular flexibility index (Phi) is 5.73. The summed E-state index contributed by atoms with van der Waals surface area (Å²) in [6.07, 6.45) is 0. The molecule has 1 atom stereocenters. The number of anilines is 2. The number of halogens is 1. The number of hydrogen-bond acceptors (Lipinski definition) is 5. The van der Waals surface area contributed by atoms with Crippen LogP contribution in [-0.2, 0) is 9.53 Å². The summed E-state index contributed by atoms with van der Waals surface area (Å²) in [6, 6.07) is 14.0. The zero-order valence-corrected chi connectivity index (χ0v) is 14.9. The van der Waals surface area contributed by atoms with Gasteiger partial charge in [-0.05, 0) is 30.7 Å². The second-order valence-electron chi connectivity index (χ2n) is 6.30. The predicted octanol–water partition coefficient (Wildman–Crippen LogP) is 2.83. The number of esters is 1. The molecule has 2 aromatic carbocycles. The van der Waals surface area contributed by atoms with Crippen molar-refractivity contribution in [1.29, 1.82) is 0 Å². The maximum atomic E-state index is 14.2. The van der Waals surface area contributed by atoms with E-state index < -0.39 is 6.04 Å². The van der Waals surface area contributed by atoms with E-state index in [-0.39, 0.29) is 11.8 Å². The molecule has 2 N–H and O–H groups in total. The van der Waals surface area contributed by atoms with Crippen molar-refractivity contribution in [3.05, 3.63) is 59.9 Å². The van der Waals surface area contributed by atoms with Crippen LogP contribution in [0.1, 0.15) is 18.5 Å². The van der Waals surface area contributed by atoms with Crippen LogP contribution in [0.25, 0.3) is 0 Å². The summed E-state index contributed by atoms with van der Waals surface area (Å²) in [5.41, 5.74) is 7.50. The summed E-state index contributed by atoms with van der Waals surface area (Å²) in [5.74, 6) is -0.561. The van der Waals surface area contributed by atoms with E-state index in [1.54, 1.807) is 12.1 Å². The van der Waals surface area contributed by atoms with Gasteiger partial charge in [0, 0.05) is 31.9 Å². The Morgan fingerprint density at radius 2 is 1.85 bits per heavy atom. The Bertz CT molecular complexity index is 746. The maximum Gasteiger partial charge on any atom is 0.328 e. The van der Waals surface area contributed by atoms with Gasteiger partial charge >= 0.3 is 5.97 Å². The van der Waals surface area contributed by atoms with Gasteiger partial charge in [0.25, 0.3) is 0 Å². The Labute approximate surface area is 153 Å². The topological polar surface area (TPSA) is 58.8 Å². The molecule has 1 unspecified atom stereocenters. The molecule has 1 fully saturated rings. The van der Waals surface area contributed by atoms with Gasteiger partial charge in [-0.15, -0.1) is 0 Å². The molecular weight excluding hydrogens is 333 g/mol. The highest BCUT2D eigenvalue weighted by atomic mass is 19.1. The first-order chi connectivity index (χ1) is 12.6. The molecular formula is C20H24FN3O2. The molecule has 0 saturated carbocycles. The van der Waals surface area contributed by atoms with Crippen LogP contribution in [0.5, 0.6) is 0 Å². The number of hydrogen-bond donors (Lipinski definition) is 1. The van der Waals surface area contributed by atoms with E-state index in [2.05, 4.69) is 4.90 Å². The molecule has 1 saturated heterocycles. The smallest absolute Gasteiger partial charge is 0.328 e. The number of benzene rings is 2. The van der Waals surface area contributed by atoms with Crippen molar-refractivity contribution in [3.8, 4) is 0 Å². The van der Waals surface area contributed by atoms with Gasteiger partial charge in [0.15, 0.2) is 0 Å². The number of carbonyl (C=O) groups excluding carboxylic acids is 1. The highest BCUT2D eigenvalue weighted by Crippen LogP contribution is 2.27. The molecule has 0 radical (unpaired) electrons. The second kappa shape index (κ2) is 8.19. The number of nitrogens with zero attached hydrogens (tertiary/aromatic N) is 2. The van der Waals surface area contributed by atoms with Crippen LogP contribution in [0.15, 0.2) is 48.5 Å². The van der Waals surface area contributed by atoms with Crippen molar-refractivity contribution in [3.63, 3.8) is 0 Å². The first-order valence-corrected chi connectivity index (χ1v) is 8.85. The standard InChI is InChI=1S/C20H24FN3O2/c1-2-26-20(25)19(15-6-4-3-5-7-15)24-12-10-23(11-13-24)18-9-8-16(22)14-17(18)21/h3-9,14,19H,2,10-13,22H2,1H3. The molecule has 0 bridgehead atoms. The molecule has 138 valence electrons. The van der Waals surface area contributed by atoms with E-state index in [1.807, 2.05) is 42.2 Å². The van der Waals surface area contributed by atoms with Gasteiger partial charge in [-0.25, -0.2) is 9.18 Å². The van der Waals surface area contributed by atoms with Crippen molar-refractivity contribution in [2.75, 3.05) is 43.4 Å². The van der Waals surface area contributed by atoms with Crippen molar-refractivity contribution in [1.82, 2.24) is 4.90 Å². The van der Waals surface area contributed by atoms with Gasteiger partial charge in [-0.2, -0.15) is 0 Å². The van der Waals surface area contributed by atoms with Crippen LogP contribution in [0.4, 0.5) is 15.8 Å². The molecule has 0 aliphatic carbocycles. The monoisotopic (exact) mass is 357 g/mol. The molecule has 6 heteroatoms. The minimum Gasteiger partial charge on any atom is -0.465 e. The van der Waals surface area contributed by atoms with E-state index in [4.69, 9.17) is 10.5 Å². The molecule has 0 aromatic heterocycles. The van der Waals surface area contributed by atoms with Crippen molar-refractivity contribution in [2.24, 2.45) is 0 Å². The van der Waals surface area contributed by atoms with Gasteiger partial charge in [0.05, 0.1) is 12.3 Å². The first-order valence-electron chi connectivity index (χ1n) is 8.85. The first kappa shape index (κ1) is 18.2. The van der Waals surface area contributed by atoms with E-state index in [1.165, 1.54) is 6.07 Å². The number of nitrogens with two attached hydrogens (primary N) is 1. The Balaban J connectivity index is 1.74. The molecule has 1 aliphatic rings. The molecule has 26 heavy (non-hydrogen) atoms. The summed E-state index contributed by atoms with van der Waals surface area (Å²) in [4.78, 5) is 16.6. The fourth-order valence-corrected chi connectivity index (χ4v) is 3.35. The van der Waals surface area contributed by atoms with Crippen molar-refractivity contribution < 1.29 is 13.9 Å². The zero-order valence-electron chi connectivity index (χ0n) is 14.9. The lowest BCUT2D eigenvalue weighted by Gasteiger charge is -2.39. The number of ether oxygens (including phenoxy) is 1. The number of piperazine rings is 1. The van der Waals surface area contributed by atoms with Crippen LogP contribution in [0.2, 0.25) is 0 Å². The summed E-state index contributed by atoms with van der Waals surface area (Å²) in [6.45, 7) is 4.69.